The number of hydrogen-bond acceptors (Lipinski definition) is 3. The van der Waals surface area contributed by atoms with Crippen molar-refractivity contribution in [3.63, 3.8) is 0 Å². The maximum atomic E-state index is 12.9. The monoisotopic (exact) mass is 300 g/mol. The van der Waals surface area contributed by atoms with Crippen molar-refractivity contribution < 1.29 is 13.6 Å². The summed E-state index contributed by atoms with van der Waals surface area (Å²) in [6.45, 7) is 0.981. The molecule has 22 heavy (non-hydrogen) atoms. The van der Waals surface area contributed by atoms with E-state index in [0.717, 1.165) is 24.9 Å². The van der Waals surface area contributed by atoms with E-state index in [1.165, 1.54) is 12.1 Å². The number of halogens is 1. The third-order valence-electron chi connectivity index (χ3n) is 4.64. The van der Waals surface area contributed by atoms with Crippen LogP contribution in [0.5, 0.6) is 0 Å². The highest BCUT2D eigenvalue weighted by Crippen LogP contribution is 2.31. The second-order valence-electron chi connectivity index (χ2n) is 6.09. The molecule has 4 nitrogen and oxygen atoms in total. The molecule has 3 unspecified atom stereocenters. The molecule has 2 bridgehead atoms. The third kappa shape index (κ3) is 2.41. The average Bonchev–Trinajstić information content (AvgIpc) is 3.24. The molecule has 1 aromatic heterocycles. The molecule has 2 aliphatic rings. The number of rotatable bonds is 3. The fourth-order valence-electron chi connectivity index (χ4n) is 3.48. The number of amides is 1. The normalized spacial score (nSPS) is 26.3. The van der Waals surface area contributed by atoms with Crippen LogP contribution in [0.4, 0.5) is 4.39 Å². The number of furan rings is 1. The highest BCUT2D eigenvalue weighted by atomic mass is 19.1. The third-order valence-corrected chi connectivity index (χ3v) is 4.64. The molecule has 1 saturated heterocycles. The van der Waals surface area contributed by atoms with E-state index in [9.17, 15) is 9.18 Å². The maximum absolute atomic E-state index is 12.9. The molecule has 1 amide bonds. The van der Waals surface area contributed by atoms with Crippen LogP contribution in [0.1, 0.15) is 23.4 Å². The summed E-state index contributed by atoms with van der Waals surface area (Å²) in [6.07, 6.45) is 2.13. The first-order valence-electron chi connectivity index (χ1n) is 7.59. The number of piperidine rings is 1. The highest BCUT2D eigenvalue weighted by Gasteiger charge is 2.40. The molecule has 2 aromatic rings. The van der Waals surface area contributed by atoms with Gasteiger partial charge in [0.25, 0.3) is 5.91 Å². The zero-order chi connectivity index (χ0) is 15.1. The van der Waals surface area contributed by atoms with E-state index < -0.39 is 0 Å². The summed E-state index contributed by atoms with van der Waals surface area (Å²) in [5.41, 5.74) is 0.754. The molecule has 2 N–H and O–H groups in total. The van der Waals surface area contributed by atoms with E-state index in [0.29, 0.717) is 23.5 Å². The molecular weight excluding hydrogens is 283 g/mol. The summed E-state index contributed by atoms with van der Waals surface area (Å²) in [5, 5.41) is 6.49. The molecule has 1 aliphatic carbocycles. The molecule has 1 saturated carbocycles. The minimum Gasteiger partial charge on any atom is -0.451 e. The first kappa shape index (κ1) is 13.5. The maximum Gasteiger partial charge on any atom is 0.287 e. The second kappa shape index (κ2) is 5.25. The molecule has 1 aliphatic heterocycles. The van der Waals surface area contributed by atoms with E-state index in [4.69, 9.17) is 4.42 Å². The Kier molecular flexibility index (Phi) is 3.22. The van der Waals surface area contributed by atoms with Gasteiger partial charge in [0.1, 0.15) is 11.6 Å². The van der Waals surface area contributed by atoms with Crippen LogP contribution in [0, 0.1) is 11.7 Å². The van der Waals surface area contributed by atoms with Crippen LogP contribution in [0.2, 0.25) is 0 Å². The van der Waals surface area contributed by atoms with Crippen molar-refractivity contribution in [2.75, 3.05) is 6.54 Å². The molecule has 114 valence electrons. The number of carbonyl (C=O) groups excluding carboxylic acids is 1. The van der Waals surface area contributed by atoms with Crippen molar-refractivity contribution in [3.8, 4) is 11.3 Å². The summed E-state index contributed by atoms with van der Waals surface area (Å²) in [4.78, 5) is 12.3. The number of carbonyl (C=O) groups is 1. The van der Waals surface area contributed by atoms with Crippen LogP contribution in [0.15, 0.2) is 40.8 Å². The molecule has 2 fully saturated rings. The lowest BCUT2D eigenvalue weighted by molar-refractivity contribution is 0.0897. The first-order chi connectivity index (χ1) is 10.7. The quantitative estimate of drug-likeness (QED) is 0.916. The summed E-state index contributed by atoms with van der Waals surface area (Å²) in [5.74, 6) is 0.930. The second-order valence-corrected chi connectivity index (χ2v) is 6.09. The summed E-state index contributed by atoms with van der Waals surface area (Å²) in [6, 6.07) is 10.2. The lowest BCUT2D eigenvalue weighted by atomic mass is 10.0. The van der Waals surface area contributed by atoms with Gasteiger partial charge in [0.05, 0.1) is 0 Å². The Labute approximate surface area is 127 Å². The summed E-state index contributed by atoms with van der Waals surface area (Å²) >= 11 is 0. The minimum atomic E-state index is -0.293. The van der Waals surface area contributed by atoms with E-state index in [1.54, 1.807) is 24.3 Å². The van der Waals surface area contributed by atoms with Gasteiger partial charge in [-0.2, -0.15) is 0 Å². The van der Waals surface area contributed by atoms with E-state index >= 15 is 0 Å². The van der Waals surface area contributed by atoms with Crippen molar-refractivity contribution in [1.29, 1.82) is 0 Å². The Morgan fingerprint density at radius 3 is 2.68 bits per heavy atom. The zero-order valence-corrected chi connectivity index (χ0v) is 12.0. The smallest absolute Gasteiger partial charge is 0.287 e. The van der Waals surface area contributed by atoms with Gasteiger partial charge in [0.15, 0.2) is 5.76 Å². The standard InChI is InChI=1S/C17H17FN2O2/c18-12-3-1-10(2-4-12)15-5-6-16(22-15)17(21)20-14-8-13-7-11(14)9-19-13/h1-6,11,13-14,19H,7-9H2,(H,20,21). The highest BCUT2D eigenvalue weighted by molar-refractivity contribution is 5.92. The molecule has 5 heteroatoms. The molecule has 0 spiro atoms. The Morgan fingerprint density at radius 2 is 2.00 bits per heavy atom. The van der Waals surface area contributed by atoms with Gasteiger partial charge in [-0.1, -0.05) is 0 Å². The van der Waals surface area contributed by atoms with Gasteiger partial charge in [0, 0.05) is 24.2 Å². The largest absolute Gasteiger partial charge is 0.451 e. The van der Waals surface area contributed by atoms with Gasteiger partial charge in [-0.25, -0.2) is 4.39 Å². The number of fused-ring (bicyclic) bond motifs is 2. The van der Waals surface area contributed by atoms with Crippen LogP contribution < -0.4 is 10.6 Å². The first-order valence-corrected chi connectivity index (χ1v) is 7.59. The molecule has 0 radical (unpaired) electrons. The van der Waals surface area contributed by atoms with Crippen LogP contribution >= 0.6 is 0 Å². The van der Waals surface area contributed by atoms with Crippen LogP contribution in [-0.2, 0) is 0 Å². The molecule has 1 aromatic carbocycles. The SMILES string of the molecule is O=C(NC1CC2CC1CN2)c1ccc(-c2ccc(F)cc2)o1. The lowest BCUT2D eigenvalue weighted by Gasteiger charge is -2.22. The van der Waals surface area contributed by atoms with Gasteiger partial charge in [-0.05, 0) is 55.2 Å². The molecule has 2 heterocycles. The van der Waals surface area contributed by atoms with Crippen LogP contribution in [-0.4, -0.2) is 24.5 Å². The van der Waals surface area contributed by atoms with Gasteiger partial charge < -0.3 is 15.1 Å². The molecular formula is C17H17FN2O2. The Balaban J connectivity index is 1.46. The minimum absolute atomic E-state index is 0.175. The Morgan fingerprint density at radius 1 is 1.18 bits per heavy atom. The van der Waals surface area contributed by atoms with Crippen molar-refractivity contribution >= 4 is 5.91 Å². The summed E-state index contributed by atoms with van der Waals surface area (Å²) < 4.78 is 18.5. The van der Waals surface area contributed by atoms with Crippen molar-refractivity contribution in [2.45, 2.75) is 24.9 Å². The molecule has 4 rings (SSSR count). The van der Waals surface area contributed by atoms with Gasteiger partial charge in [-0.15, -0.1) is 0 Å². The number of nitrogens with one attached hydrogen (secondary N) is 2. The van der Waals surface area contributed by atoms with Gasteiger partial charge >= 0.3 is 0 Å². The number of benzene rings is 1. The average molecular weight is 300 g/mol. The zero-order valence-electron chi connectivity index (χ0n) is 12.0. The van der Waals surface area contributed by atoms with E-state index in [2.05, 4.69) is 10.6 Å². The Bertz CT molecular complexity index is 695. The van der Waals surface area contributed by atoms with Gasteiger partial charge in [-0.3, -0.25) is 4.79 Å². The predicted molar refractivity (Wildman–Crippen MR) is 79.9 cm³/mol. The predicted octanol–water partition coefficient (Wildman–Crippen LogP) is 2.57. The fraction of sp³-hybridized carbons (Fsp3) is 0.353. The lowest BCUT2D eigenvalue weighted by Crippen LogP contribution is -2.44. The van der Waals surface area contributed by atoms with Crippen molar-refractivity contribution in [3.05, 3.63) is 48.0 Å². The van der Waals surface area contributed by atoms with Crippen molar-refractivity contribution in [2.24, 2.45) is 5.92 Å². The number of hydrogen-bond donors (Lipinski definition) is 2. The van der Waals surface area contributed by atoms with E-state index in [-0.39, 0.29) is 17.8 Å². The van der Waals surface area contributed by atoms with Gasteiger partial charge in [0.2, 0.25) is 0 Å². The van der Waals surface area contributed by atoms with Crippen molar-refractivity contribution in [1.82, 2.24) is 10.6 Å². The van der Waals surface area contributed by atoms with E-state index in [1.807, 2.05) is 0 Å². The molecule has 3 atom stereocenters. The Hall–Kier alpha value is -2.14. The topological polar surface area (TPSA) is 54.3 Å². The van der Waals surface area contributed by atoms with Crippen LogP contribution in [0.25, 0.3) is 11.3 Å². The van der Waals surface area contributed by atoms with Crippen LogP contribution in [0.3, 0.4) is 0 Å². The fourth-order valence-corrected chi connectivity index (χ4v) is 3.48. The summed E-state index contributed by atoms with van der Waals surface area (Å²) in [7, 11) is 0.